The number of pyridine rings is 2. The van der Waals surface area contributed by atoms with E-state index in [0.29, 0.717) is 0 Å². The van der Waals surface area contributed by atoms with Crippen LogP contribution < -0.4 is 4.74 Å². The number of aromatic nitrogens is 2. The Labute approximate surface area is 130 Å². The highest BCUT2D eigenvalue weighted by molar-refractivity contribution is 5.66. The van der Waals surface area contributed by atoms with E-state index < -0.39 is 0 Å². The fraction of sp³-hybridized carbons (Fsp3) is 0.158. The lowest BCUT2D eigenvalue weighted by Crippen LogP contribution is -1.95. The van der Waals surface area contributed by atoms with Crippen molar-refractivity contribution in [3.8, 4) is 22.8 Å². The molecule has 0 bridgehead atoms. The normalized spacial score (nSPS) is 10.5. The second kappa shape index (κ2) is 6.39. The Kier molecular flexibility index (Phi) is 4.15. The molecular weight excluding hydrogens is 272 g/mol. The molecular formula is C19H18N2O. The van der Waals surface area contributed by atoms with Crippen LogP contribution in [0.2, 0.25) is 0 Å². The second-order valence-corrected chi connectivity index (χ2v) is 5.10. The number of hydrogen-bond acceptors (Lipinski definition) is 3. The van der Waals surface area contributed by atoms with Gasteiger partial charge >= 0.3 is 0 Å². The van der Waals surface area contributed by atoms with Crippen LogP contribution in [0.1, 0.15) is 18.3 Å². The van der Waals surface area contributed by atoms with Gasteiger partial charge in [-0.3, -0.25) is 4.98 Å². The van der Waals surface area contributed by atoms with E-state index in [1.807, 2.05) is 61.5 Å². The van der Waals surface area contributed by atoms with Gasteiger partial charge in [-0.15, -0.1) is 0 Å². The van der Waals surface area contributed by atoms with Gasteiger partial charge < -0.3 is 4.74 Å². The molecule has 22 heavy (non-hydrogen) atoms. The van der Waals surface area contributed by atoms with Crippen molar-refractivity contribution in [1.82, 2.24) is 9.97 Å². The summed E-state index contributed by atoms with van der Waals surface area (Å²) < 4.78 is 6.04. The molecule has 0 radical (unpaired) electrons. The minimum absolute atomic E-state index is 0.758. The van der Waals surface area contributed by atoms with Crippen molar-refractivity contribution in [2.75, 3.05) is 0 Å². The second-order valence-electron chi connectivity index (χ2n) is 5.10. The average molecular weight is 290 g/mol. The lowest BCUT2D eigenvalue weighted by atomic mass is 10.1. The first kappa shape index (κ1) is 14.3. The van der Waals surface area contributed by atoms with Gasteiger partial charge in [-0.05, 0) is 31.5 Å². The molecule has 0 unspecified atom stereocenters. The predicted octanol–water partition coefficient (Wildman–Crippen LogP) is 4.81. The quantitative estimate of drug-likeness (QED) is 0.692. The molecule has 0 saturated heterocycles. The smallest absolute Gasteiger partial charge is 0.153 e. The minimum atomic E-state index is 0.758. The number of ether oxygens (including phenoxy) is 1. The lowest BCUT2D eigenvalue weighted by Gasteiger charge is -2.12. The number of hydrogen-bond donors (Lipinski definition) is 0. The zero-order chi connectivity index (χ0) is 15.4. The first-order chi connectivity index (χ1) is 10.8. The number of nitrogens with zero attached hydrogens (tertiary/aromatic N) is 2. The molecule has 1 aromatic carbocycles. The van der Waals surface area contributed by atoms with Gasteiger partial charge in [0.25, 0.3) is 0 Å². The molecule has 0 aliphatic rings. The summed E-state index contributed by atoms with van der Waals surface area (Å²) >= 11 is 0. The SMILES string of the molecule is CCc1ccc(Oc2ccnc(C)c2)c(-c2ccccc2)n1. The third-order valence-corrected chi connectivity index (χ3v) is 3.42. The largest absolute Gasteiger partial charge is 0.455 e. The summed E-state index contributed by atoms with van der Waals surface area (Å²) in [5.74, 6) is 1.53. The highest BCUT2D eigenvalue weighted by atomic mass is 16.5. The van der Waals surface area contributed by atoms with Crippen LogP contribution >= 0.6 is 0 Å². The van der Waals surface area contributed by atoms with Gasteiger partial charge in [0.15, 0.2) is 5.75 Å². The summed E-state index contributed by atoms with van der Waals surface area (Å²) in [4.78, 5) is 8.93. The summed E-state index contributed by atoms with van der Waals surface area (Å²) in [5.41, 5.74) is 3.90. The maximum atomic E-state index is 6.04. The molecule has 0 N–H and O–H groups in total. The molecule has 0 atom stereocenters. The summed E-state index contributed by atoms with van der Waals surface area (Å²) in [7, 11) is 0. The third-order valence-electron chi connectivity index (χ3n) is 3.42. The first-order valence-corrected chi connectivity index (χ1v) is 7.42. The van der Waals surface area contributed by atoms with E-state index in [0.717, 1.165) is 40.6 Å². The molecule has 3 nitrogen and oxygen atoms in total. The van der Waals surface area contributed by atoms with Crippen LogP contribution in [0.4, 0.5) is 0 Å². The van der Waals surface area contributed by atoms with E-state index in [2.05, 4.69) is 11.9 Å². The van der Waals surface area contributed by atoms with Crippen molar-refractivity contribution in [3.63, 3.8) is 0 Å². The van der Waals surface area contributed by atoms with Gasteiger partial charge in [-0.2, -0.15) is 0 Å². The maximum absolute atomic E-state index is 6.04. The number of aryl methyl sites for hydroxylation is 2. The molecule has 0 saturated carbocycles. The van der Waals surface area contributed by atoms with Crippen LogP contribution in [-0.4, -0.2) is 9.97 Å². The molecule has 0 fully saturated rings. The van der Waals surface area contributed by atoms with E-state index in [1.165, 1.54) is 0 Å². The first-order valence-electron chi connectivity index (χ1n) is 7.42. The van der Waals surface area contributed by atoms with E-state index >= 15 is 0 Å². The molecule has 3 aromatic rings. The third kappa shape index (κ3) is 3.14. The van der Waals surface area contributed by atoms with Gasteiger partial charge in [0.2, 0.25) is 0 Å². The topological polar surface area (TPSA) is 35.0 Å². The van der Waals surface area contributed by atoms with Crippen molar-refractivity contribution >= 4 is 0 Å². The fourth-order valence-electron chi connectivity index (χ4n) is 2.28. The van der Waals surface area contributed by atoms with Crippen molar-refractivity contribution in [1.29, 1.82) is 0 Å². The molecule has 0 aliphatic carbocycles. The van der Waals surface area contributed by atoms with Crippen LogP contribution in [0.15, 0.2) is 60.8 Å². The molecule has 110 valence electrons. The van der Waals surface area contributed by atoms with Crippen molar-refractivity contribution in [2.24, 2.45) is 0 Å². The lowest BCUT2D eigenvalue weighted by molar-refractivity contribution is 0.480. The molecule has 2 heterocycles. The van der Waals surface area contributed by atoms with Crippen LogP contribution in [0.5, 0.6) is 11.5 Å². The Morgan fingerprint density at radius 2 is 1.82 bits per heavy atom. The average Bonchev–Trinajstić information content (AvgIpc) is 2.56. The van der Waals surface area contributed by atoms with Crippen molar-refractivity contribution in [2.45, 2.75) is 20.3 Å². The molecule has 0 spiro atoms. The Morgan fingerprint density at radius 3 is 2.55 bits per heavy atom. The van der Waals surface area contributed by atoms with E-state index in [-0.39, 0.29) is 0 Å². The Bertz CT molecular complexity index is 769. The van der Waals surface area contributed by atoms with Crippen molar-refractivity contribution < 1.29 is 4.74 Å². The Balaban J connectivity index is 2.03. The fourth-order valence-corrected chi connectivity index (χ4v) is 2.28. The van der Waals surface area contributed by atoms with Crippen LogP contribution in [0.25, 0.3) is 11.3 Å². The van der Waals surface area contributed by atoms with Gasteiger partial charge in [-0.25, -0.2) is 4.98 Å². The number of benzene rings is 1. The maximum Gasteiger partial charge on any atom is 0.153 e. The van der Waals surface area contributed by atoms with Gasteiger partial charge in [0, 0.05) is 29.2 Å². The summed E-state index contributed by atoms with van der Waals surface area (Å²) in [6.45, 7) is 4.05. The molecule has 3 rings (SSSR count). The highest BCUT2D eigenvalue weighted by Crippen LogP contribution is 2.32. The molecule has 0 amide bonds. The van der Waals surface area contributed by atoms with Gasteiger partial charge in [0.05, 0.1) is 0 Å². The van der Waals surface area contributed by atoms with E-state index in [1.54, 1.807) is 6.20 Å². The van der Waals surface area contributed by atoms with Crippen molar-refractivity contribution in [3.05, 3.63) is 72.2 Å². The van der Waals surface area contributed by atoms with Crippen LogP contribution in [-0.2, 0) is 6.42 Å². The summed E-state index contributed by atoms with van der Waals surface area (Å²) in [6, 6.07) is 17.9. The van der Waals surface area contributed by atoms with Gasteiger partial charge in [-0.1, -0.05) is 37.3 Å². The van der Waals surface area contributed by atoms with Crippen LogP contribution in [0, 0.1) is 6.92 Å². The number of rotatable bonds is 4. The monoisotopic (exact) mass is 290 g/mol. The van der Waals surface area contributed by atoms with Crippen LogP contribution in [0.3, 0.4) is 0 Å². The zero-order valence-corrected chi connectivity index (χ0v) is 12.8. The molecule has 2 aromatic heterocycles. The minimum Gasteiger partial charge on any atom is -0.455 e. The molecule has 0 aliphatic heterocycles. The zero-order valence-electron chi connectivity index (χ0n) is 12.8. The molecule has 3 heteroatoms. The standard InChI is InChI=1S/C19H18N2O/c1-3-16-9-10-18(22-17-11-12-20-14(2)13-17)19(21-16)15-7-5-4-6-8-15/h4-13H,3H2,1-2H3. The summed E-state index contributed by atoms with van der Waals surface area (Å²) in [5, 5.41) is 0. The highest BCUT2D eigenvalue weighted by Gasteiger charge is 2.10. The van der Waals surface area contributed by atoms with Gasteiger partial charge in [0.1, 0.15) is 11.4 Å². The van der Waals surface area contributed by atoms with E-state index in [9.17, 15) is 0 Å². The Hall–Kier alpha value is -2.68. The predicted molar refractivity (Wildman–Crippen MR) is 88.1 cm³/mol. The Morgan fingerprint density at radius 1 is 1.00 bits per heavy atom. The summed E-state index contributed by atoms with van der Waals surface area (Å²) in [6.07, 6.45) is 2.65. The van der Waals surface area contributed by atoms with E-state index in [4.69, 9.17) is 9.72 Å².